The maximum Gasteiger partial charge on any atom is 0.539 e. The van der Waals surface area contributed by atoms with Crippen LogP contribution >= 0.6 is 8.03 Å². The Morgan fingerprint density at radius 3 is 2.75 bits per heavy atom. The van der Waals surface area contributed by atoms with Crippen LogP contribution in [0.15, 0.2) is 24.3 Å². The lowest BCUT2D eigenvalue weighted by atomic mass is 10.1. The molecule has 0 aliphatic rings. The van der Waals surface area contributed by atoms with Crippen LogP contribution in [-0.2, 0) is 15.5 Å². The minimum absolute atomic E-state index is 0.306. The highest BCUT2D eigenvalue weighted by Gasteiger charge is 2.24. The summed E-state index contributed by atoms with van der Waals surface area (Å²) in [5, 5.41) is 8.99. The van der Waals surface area contributed by atoms with Crippen LogP contribution in [0.5, 0.6) is 5.75 Å². The zero-order valence-electron chi connectivity index (χ0n) is 9.42. The van der Waals surface area contributed by atoms with Gasteiger partial charge in [0.2, 0.25) is 0 Å². The van der Waals surface area contributed by atoms with E-state index in [4.69, 9.17) is 14.4 Å². The lowest BCUT2D eigenvalue weighted by Crippen LogP contribution is -2.00. The van der Waals surface area contributed by atoms with Crippen molar-refractivity contribution in [2.24, 2.45) is 0 Å². The third kappa shape index (κ3) is 3.89. The van der Waals surface area contributed by atoms with Crippen LogP contribution in [0.1, 0.15) is 12.5 Å². The molecular weight excluding hydrogens is 227 g/mol. The van der Waals surface area contributed by atoms with Gasteiger partial charge in [-0.2, -0.15) is 0 Å². The molecule has 1 N–H and O–H groups in total. The van der Waals surface area contributed by atoms with Crippen molar-refractivity contribution in [1.29, 1.82) is 0 Å². The van der Waals surface area contributed by atoms with E-state index in [0.717, 1.165) is 11.3 Å². The Hall–Kier alpha value is -0.960. The molecule has 0 radical (unpaired) electrons. The van der Waals surface area contributed by atoms with Crippen LogP contribution < -0.4 is 4.74 Å². The SMILES string of the molecule is COc1ccccc1CCO[P+](=O)C(C)O. The van der Waals surface area contributed by atoms with Crippen molar-refractivity contribution in [3.63, 3.8) is 0 Å². The Balaban J connectivity index is 2.45. The summed E-state index contributed by atoms with van der Waals surface area (Å²) in [7, 11) is -0.378. The number of rotatable bonds is 6. The molecule has 1 aromatic carbocycles. The van der Waals surface area contributed by atoms with Crippen LogP contribution in [0.25, 0.3) is 0 Å². The lowest BCUT2D eigenvalue weighted by Gasteiger charge is -2.05. The second-order valence-corrected chi connectivity index (χ2v) is 4.89. The number of ether oxygens (including phenoxy) is 1. The fraction of sp³-hybridized carbons (Fsp3) is 0.455. The average molecular weight is 243 g/mol. The average Bonchev–Trinajstić information content (AvgIpc) is 2.29. The summed E-state index contributed by atoms with van der Waals surface area (Å²) >= 11 is 0. The zero-order valence-corrected chi connectivity index (χ0v) is 10.3. The van der Waals surface area contributed by atoms with Gasteiger partial charge in [0.1, 0.15) is 12.4 Å². The number of aliphatic hydroxyl groups excluding tert-OH is 1. The maximum absolute atomic E-state index is 11.1. The molecule has 0 aliphatic heterocycles. The number of hydrogen-bond donors (Lipinski definition) is 1. The predicted molar refractivity (Wildman–Crippen MR) is 61.9 cm³/mol. The molecule has 0 saturated carbocycles. The Bertz CT molecular complexity index is 352. The normalized spacial score (nSPS) is 13.3. The summed E-state index contributed by atoms with van der Waals surface area (Å²) in [5.41, 5.74) is 0.999. The summed E-state index contributed by atoms with van der Waals surface area (Å²) in [4.78, 5) is 0. The van der Waals surface area contributed by atoms with Crippen molar-refractivity contribution in [3.8, 4) is 5.75 Å². The molecule has 16 heavy (non-hydrogen) atoms. The largest absolute Gasteiger partial charge is 0.539 e. The molecule has 2 unspecified atom stereocenters. The second kappa shape index (κ2) is 6.59. The van der Waals surface area contributed by atoms with Crippen molar-refractivity contribution in [2.45, 2.75) is 19.2 Å². The van der Waals surface area contributed by atoms with Crippen molar-refractivity contribution < 1.29 is 18.9 Å². The molecule has 0 spiro atoms. The molecule has 1 rings (SSSR count). The first kappa shape index (κ1) is 13.1. The highest BCUT2D eigenvalue weighted by atomic mass is 31.1. The fourth-order valence-corrected chi connectivity index (χ4v) is 1.75. The molecule has 0 bridgehead atoms. The number of hydrogen-bond acceptors (Lipinski definition) is 4. The molecule has 5 heteroatoms. The Kier molecular flexibility index (Phi) is 5.39. The summed E-state index contributed by atoms with van der Waals surface area (Å²) in [6.45, 7) is 1.75. The molecule has 0 aliphatic carbocycles. The van der Waals surface area contributed by atoms with Gasteiger partial charge in [0.25, 0.3) is 5.85 Å². The van der Waals surface area contributed by atoms with Gasteiger partial charge in [-0.25, -0.2) is 0 Å². The van der Waals surface area contributed by atoms with Crippen LogP contribution in [0.3, 0.4) is 0 Å². The standard InChI is InChI=1S/C11H16O4P/c1-9(12)16(13)15-8-7-10-5-3-4-6-11(10)14-2/h3-6,9,12H,7-8H2,1-2H3/q+1. The molecule has 0 amide bonds. The van der Waals surface area contributed by atoms with Crippen LogP contribution in [0.4, 0.5) is 0 Å². The zero-order chi connectivity index (χ0) is 12.0. The molecule has 0 aromatic heterocycles. The minimum atomic E-state index is -1.98. The van der Waals surface area contributed by atoms with Crippen LogP contribution in [0, 0.1) is 0 Å². The first-order valence-electron chi connectivity index (χ1n) is 5.04. The van der Waals surface area contributed by atoms with E-state index in [9.17, 15) is 4.57 Å². The van der Waals surface area contributed by atoms with Gasteiger partial charge in [0, 0.05) is 13.3 Å². The third-order valence-electron chi connectivity index (χ3n) is 2.09. The summed E-state index contributed by atoms with van der Waals surface area (Å²) in [6, 6.07) is 7.59. The summed E-state index contributed by atoms with van der Waals surface area (Å²) < 4.78 is 21.3. The monoisotopic (exact) mass is 243 g/mol. The van der Waals surface area contributed by atoms with E-state index in [1.54, 1.807) is 7.11 Å². The van der Waals surface area contributed by atoms with Crippen molar-refractivity contribution in [2.75, 3.05) is 13.7 Å². The molecule has 0 saturated heterocycles. The first-order valence-corrected chi connectivity index (χ1v) is 6.29. The van der Waals surface area contributed by atoms with Crippen molar-refractivity contribution >= 4 is 8.03 Å². The predicted octanol–water partition coefficient (Wildman–Crippen LogP) is 2.34. The maximum atomic E-state index is 11.1. The van der Waals surface area contributed by atoms with Gasteiger partial charge < -0.3 is 9.84 Å². The number of benzene rings is 1. The number of methoxy groups -OCH3 is 1. The summed E-state index contributed by atoms with van der Waals surface area (Å²) in [5.74, 6) is -0.133. The Labute approximate surface area is 96.1 Å². The highest BCUT2D eigenvalue weighted by Crippen LogP contribution is 2.27. The van der Waals surface area contributed by atoms with Gasteiger partial charge in [-0.1, -0.05) is 18.2 Å². The van der Waals surface area contributed by atoms with E-state index in [1.165, 1.54) is 6.92 Å². The van der Waals surface area contributed by atoms with Gasteiger partial charge in [-0.15, -0.1) is 4.52 Å². The van der Waals surface area contributed by atoms with Crippen molar-refractivity contribution in [3.05, 3.63) is 29.8 Å². The fourth-order valence-electron chi connectivity index (χ4n) is 1.26. The molecule has 0 heterocycles. The lowest BCUT2D eigenvalue weighted by molar-refractivity contribution is 0.233. The quantitative estimate of drug-likeness (QED) is 0.779. The first-order chi connectivity index (χ1) is 7.65. The van der Waals surface area contributed by atoms with E-state index in [1.807, 2.05) is 24.3 Å². The number of para-hydroxylation sites is 1. The molecular formula is C11H16O4P+. The number of aliphatic hydroxyl groups is 1. The van der Waals surface area contributed by atoms with E-state index in [0.29, 0.717) is 13.0 Å². The Morgan fingerprint density at radius 1 is 1.44 bits per heavy atom. The van der Waals surface area contributed by atoms with E-state index >= 15 is 0 Å². The summed E-state index contributed by atoms with van der Waals surface area (Å²) in [6.07, 6.45) is 0.609. The smallest absolute Gasteiger partial charge is 0.496 e. The Morgan fingerprint density at radius 2 is 2.12 bits per heavy atom. The van der Waals surface area contributed by atoms with Gasteiger partial charge in [0.15, 0.2) is 0 Å². The van der Waals surface area contributed by atoms with E-state index in [-0.39, 0.29) is 0 Å². The van der Waals surface area contributed by atoms with E-state index < -0.39 is 13.9 Å². The van der Waals surface area contributed by atoms with Crippen molar-refractivity contribution in [1.82, 2.24) is 0 Å². The van der Waals surface area contributed by atoms with E-state index in [2.05, 4.69) is 0 Å². The molecule has 4 nitrogen and oxygen atoms in total. The molecule has 1 aromatic rings. The van der Waals surface area contributed by atoms with Gasteiger partial charge in [-0.3, -0.25) is 0 Å². The molecule has 2 atom stereocenters. The van der Waals surface area contributed by atoms with Gasteiger partial charge in [-0.05, 0) is 16.2 Å². The van der Waals surface area contributed by atoms with Gasteiger partial charge in [0.05, 0.1) is 7.11 Å². The van der Waals surface area contributed by atoms with Gasteiger partial charge >= 0.3 is 8.03 Å². The molecule has 0 fully saturated rings. The van der Waals surface area contributed by atoms with Crippen LogP contribution in [-0.4, -0.2) is 24.7 Å². The third-order valence-corrected chi connectivity index (χ3v) is 3.13. The minimum Gasteiger partial charge on any atom is -0.496 e. The highest BCUT2D eigenvalue weighted by molar-refractivity contribution is 7.39. The second-order valence-electron chi connectivity index (χ2n) is 3.31. The topological polar surface area (TPSA) is 55.8 Å². The molecule has 88 valence electrons. The van der Waals surface area contributed by atoms with Crippen LogP contribution in [0.2, 0.25) is 0 Å².